The monoisotopic (exact) mass is 329 g/mol. The summed E-state index contributed by atoms with van der Waals surface area (Å²) < 4.78 is 0. The molecule has 0 aliphatic carbocycles. The molecule has 0 saturated carbocycles. The van der Waals surface area contributed by atoms with Crippen LogP contribution in [0.5, 0.6) is 0 Å². The van der Waals surface area contributed by atoms with Crippen LogP contribution in [0.1, 0.15) is 96.8 Å². The summed E-state index contributed by atoms with van der Waals surface area (Å²) in [7, 11) is 0. The molecule has 0 aromatic heterocycles. The van der Waals surface area contributed by atoms with Gasteiger partial charge in [-0.1, -0.05) is 90.4 Å². The molecule has 0 aromatic rings. The van der Waals surface area contributed by atoms with E-state index in [0.29, 0.717) is 6.54 Å². The van der Waals surface area contributed by atoms with Gasteiger partial charge in [0.2, 0.25) is 0 Å². The average molecular weight is 330 g/mol. The van der Waals surface area contributed by atoms with Crippen LogP contribution >= 0.6 is 0 Å². The molecule has 3 N–H and O–H groups in total. The predicted molar refractivity (Wildman–Crippen MR) is 96.4 cm³/mol. The molecule has 1 unspecified atom stereocenters. The van der Waals surface area contributed by atoms with Crippen molar-refractivity contribution in [2.75, 3.05) is 13.2 Å². The van der Waals surface area contributed by atoms with E-state index in [-0.39, 0.29) is 0 Å². The van der Waals surface area contributed by atoms with Crippen molar-refractivity contribution in [1.82, 2.24) is 5.32 Å². The van der Waals surface area contributed by atoms with Gasteiger partial charge in [0, 0.05) is 6.54 Å². The molecule has 0 radical (unpaired) electrons. The van der Waals surface area contributed by atoms with Crippen molar-refractivity contribution in [3.8, 4) is 0 Å². The summed E-state index contributed by atoms with van der Waals surface area (Å²) in [4.78, 5) is 11.2. The molecule has 0 bridgehead atoms. The van der Waals surface area contributed by atoms with Crippen LogP contribution in [0, 0.1) is 0 Å². The maximum absolute atomic E-state index is 11.2. The first-order valence-electron chi connectivity index (χ1n) is 9.79. The molecule has 0 fully saturated rings. The first-order valence-corrected chi connectivity index (χ1v) is 9.79. The fraction of sp³-hybridized carbons (Fsp3) is 0.947. The van der Waals surface area contributed by atoms with Crippen LogP contribution in [0.25, 0.3) is 0 Å². The van der Waals surface area contributed by atoms with Crippen LogP contribution in [-0.2, 0) is 4.79 Å². The van der Waals surface area contributed by atoms with E-state index in [4.69, 9.17) is 10.2 Å². The molecule has 0 spiro atoms. The number of carbonyl (C=O) groups is 1. The van der Waals surface area contributed by atoms with Crippen LogP contribution in [0.4, 0.5) is 0 Å². The van der Waals surface area contributed by atoms with E-state index in [1.165, 1.54) is 77.0 Å². The third-order valence-electron chi connectivity index (χ3n) is 4.31. The molecular formula is C19H39NO3. The van der Waals surface area contributed by atoms with Gasteiger partial charge in [-0.2, -0.15) is 0 Å². The highest BCUT2D eigenvalue weighted by atomic mass is 16.3. The summed E-state index contributed by atoms with van der Waals surface area (Å²) in [6, 6.07) is 0. The second kappa shape index (κ2) is 17.7. The number of unbranched alkanes of at least 4 members (excludes halogenated alkanes) is 13. The van der Waals surface area contributed by atoms with Gasteiger partial charge in [-0.15, -0.1) is 0 Å². The Morgan fingerprint density at radius 1 is 0.783 bits per heavy atom. The summed E-state index contributed by atoms with van der Waals surface area (Å²) in [6.45, 7) is 2.34. The van der Waals surface area contributed by atoms with Gasteiger partial charge in [-0.3, -0.25) is 4.79 Å². The number of aliphatic hydroxyl groups is 2. The van der Waals surface area contributed by atoms with Crippen molar-refractivity contribution in [2.24, 2.45) is 0 Å². The molecule has 0 aliphatic heterocycles. The maximum Gasteiger partial charge on any atom is 0.251 e. The molecular weight excluding hydrogens is 290 g/mol. The Labute approximate surface area is 143 Å². The van der Waals surface area contributed by atoms with Crippen molar-refractivity contribution in [3.63, 3.8) is 0 Å². The van der Waals surface area contributed by atoms with Crippen LogP contribution in [0.2, 0.25) is 0 Å². The van der Waals surface area contributed by atoms with Gasteiger partial charge in [0.15, 0.2) is 6.10 Å². The standard InChI is InChI=1S/C19H39NO3/c1-2-3-4-5-6-7-8-9-10-11-12-13-14-15-16-20-19(23)18(22)17-21/h18,21-22H,2-17H2,1H3,(H,20,23). The van der Waals surface area contributed by atoms with E-state index in [9.17, 15) is 4.79 Å². The number of rotatable bonds is 17. The Balaban J connectivity index is 3.09. The normalized spacial score (nSPS) is 12.3. The molecule has 1 atom stereocenters. The lowest BCUT2D eigenvalue weighted by Gasteiger charge is -2.08. The number of hydrogen-bond acceptors (Lipinski definition) is 3. The van der Waals surface area contributed by atoms with Crippen LogP contribution < -0.4 is 5.32 Å². The molecule has 4 heteroatoms. The molecule has 138 valence electrons. The number of hydrogen-bond donors (Lipinski definition) is 3. The van der Waals surface area contributed by atoms with Gasteiger partial charge < -0.3 is 15.5 Å². The third kappa shape index (κ3) is 16.0. The molecule has 0 aromatic carbocycles. The average Bonchev–Trinajstić information content (AvgIpc) is 2.57. The minimum absolute atomic E-state index is 0.470. The van der Waals surface area contributed by atoms with E-state index in [2.05, 4.69) is 12.2 Å². The SMILES string of the molecule is CCCCCCCCCCCCCCCCNC(=O)C(O)CO. The van der Waals surface area contributed by atoms with Crippen LogP contribution in [0.3, 0.4) is 0 Å². The number of carbonyl (C=O) groups excluding carboxylic acids is 1. The second-order valence-electron chi connectivity index (χ2n) is 6.59. The van der Waals surface area contributed by atoms with Gasteiger partial charge in [-0.05, 0) is 6.42 Å². The van der Waals surface area contributed by atoms with Gasteiger partial charge in [0.05, 0.1) is 6.61 Å². The Bertz CT molecular complexity index is 259. The quantitative estimate of drug-likeness (QED) is 0.354. The summed E-state index contributed by atoms with van der Waals surface area (Å²) in [6.07, 6.45) is 17.1. The number of aliphatic hydroxyl groups excluding tert-OH is 2. The van der Waals surface area contributed by atoms with E-state index in [1.807, 2.05) is 0 Å². The topological polar surface area (TPSA) is 69.6 Å². The minimum Gasteiger partial charge on any atom is -0.393 e. The smallest absolute Gasteiger partial charge is 0.251 e. The molecule has 1 amide bonds. The van der Waals surface area contributed by atoms with E-state index < -0.39 is 18.6 Å². The highest BCUT2D eigenvalue weighted by Gasteiger charge is 2.11. The first kappa shape index (κ1) is 22.4. The fourth-order valence-corrected chi connectivity index (χ4v) is 2.73. The highest BCUT2D eigenvalue weighted by Crippen LogP contribution is 2.12. The zero-order valence-corrected chi connectivity index (χ0v) is 15.2. The zero-order valence-electron chi connectivity index (χ0n) is 15.2. The fourth-order valence-electron chi connectivity index (χ4n) is 2.73. The predicted octanol–water partition coefficient (Wildman–Crippen LogP) is 3.94. The van der Waals surface area contributed by atoms with Crippen LogP contribution in [-0.4, -0.2) is 35.4 Å². The van der Waals surface area contributed by atoms with Crippen molar-refractivity contribution < 1.29 is 15.0 Å². The third-order valence-corrected chi connectivity index (χ3v) is 4.31. The summed E-state index contributed by atoms with van der Waals surface area (Å²) in [5.41, 5.74) is 0. The highest BCUT2D eigenvalue weighted by molar-refractivity contribution is 5.80. The summed E-state index contributed by atoms with van der Waals surface area (Å²) >= 11 is 0. The van der Waals surface area contributed by atoms with Gasteiger partial charge >= 0.3 is 0 Å². The summed E-state index contributed by atoms with van der Waals surface area (Å²) in [5.74, 6) is -0.470. The van der Waals surface area contributed by atoms with Crippen molar-refractivity contribution in [3.05, 3.63) is 0 Å². The van der Waals surface area contributed by atoms with E-state index >= 15 is 0 Å². The van der Waals surface area contributed by atoms with Crippen molar-refractivity contribution in [2.45, 2.75) is 103 Å². The van der Waals surface area contributed by atoms with Crippen molar-refractivity contribution >= 4 is 5.91 Å². The molecule has 23 heavy (non-hydrogen) atoms. The second-order valence-corrected chi connectivity index (χ2v) is 6.59. The van der Waals surface area contributed by atoms with Gasteiger partial charge in [0.25, 0.3) is 5.91 Å². The summed E-state index contributed by atoms with van der Waals surface area (Å²) in [5, 5.41) is 20.3. The lowest BCUT2D eigenvalue weighted by atomic mass is 10.0. The lowest BCUT2D eigenvalue weighted by molar-refractivity contribution is -0.131. The Morgan fingerprint density at radius 2 is 1.17 bits per heavy atom. The van der Waals surface area contributed by atoms with E-state index in [1.54, 1.807) is 0 Å². The Kier molecular flexibility index (Phi) is 17.3. The van der Waals surface area contributed by atoms with Crippen molar-refractivity contribution in [1.29, 1.82) is 0 Å². The molecule has 0 aliphatic rings. The Hall–Kier alpha value is -0.610. The number of amides is 1. The molecule has 4 nitrogen and oxygen atoms in total. The van der Waals surface area contributed by atoms with Gasteiger partial charge in [-0.25, -0.2) is 0 Å². The van der Waals surface area contributed by atoms with Gasteiger partial charge in [0.1, 0.15) is 0 Å². The zero-order chi connectivity index (χ0) is 17.2. The van der Waals surface area contributed by atoms with Crippen LogP contribution in [0.15, 0.2) is 0 Å². The largest absolute Gasteiger partial charge is 0.393 e. The Morgan fingerprint density at radius 3 is 1.57 bits per heavy atom. The molecule has 0 heterocycles. The molecule has 0 saturated heterocycles. The first-order chi connectivity index (χ1) is 11.2. The maximum atomic E-state index is 11.2. The minimum atomic E-state index is -1.28. The number of nitrogens with one attached hydrogen (secondary N) is 1. The van der Waals surface area contributed by atoms with E-state index in [0.717, 1.165) is 12.8 Å². The lowest BCUT2D eigenvalue weighted by Crippen LogP contribution is -2.37. The molecule has 0 rings (SSSR count).